The zero-order valence-electron chi connectivity index (χ0n) is 15.7. The molecule has 0 bridgehead atoms. The molecule has 1 amide bonds. The van der Waals surface area contributed by atoms with Gasteiger partial charge in [0.25, 0.3) is 0 Å². The van der Waals surface area contributed by atoms with Crippen LogP contribution >= 0.6 is 23.4 Å². The number of rotatable bonds is 8. The molecule has 28 heavy (non-hydrogen) atoms. The summed E-state index contributed by atoms with van der Waals surface area (Å²) in [6, 6.07) is 15.1. The number of carbonyl (C=O) groups is 1. The Kier molecular flexibility index (Phi) is 6.95. The summed E-state index contributed by atoms with van der Waals surface area (Å²) in [6.07, 6.45) is 0. The lowest BCUT2D eigenvalue weighted by molar-refractivity contribution is -0.118. The molecule has 0 saturated heterocycles. The summed E-state index contributed by atoms with van der Waals surface area (Å²) in [6.45, 7) is 3.17. The molecule has 0 fully saturated rings. The van der Waals surface area contributed by atoms with Crippen LogP contribution in [0.25, 0.3) is 11.4 Å². The fourth-order valence-electron chi connectivity index (χ4n) is 2.69. The molecule has 0 spiro atoms. The molecule has 0 atom stereocenters. The maximum absolute atomic E-state index is 12.2. The molecule has 6 nitrogen and oxygen atoms in total. The third-order valence-electron chi connectivity index (χ3n) is 4.12. The van der Waals surface area contributed by atoms with Crippen LogP contribution < -0.4 is 10.1 Å². The zero-order chi connectivity index (χ0) is 19.9. The normalized spacial score (nSPS) is 10.7. The van der Waals surface area contributed by atoms with E-state index in [0.717, 1.165) is 22.7 Å². The number of hydrogen-bond acceptors (Lipinski definition) is 5. The molecule has 0 aliphatic rings. The predicted octanol–water partition coefficient (Wildman–Crippen LogP) is 4.04. The van der Waals surface area contributed by atoms with E-state index in [1.807, 2.05) is 47.9 Å². The van der Waals surface area contributed by atoms with Crippen molar-refractivity contribution in [3.63, 3.8) is 0 Å². The summed E-state index contributed by atoms with van der Waals surface area (Å²) in [5, 5.41) is 12.9. The Labute approximate surface area is 173 Å². The first-order valence-corrected chi connectivity index (χ1v) is 10.2. The number of para-hydroxylation sites is 1. The molecule has 1 aromatic heterocycles. The second kappa shape index (κ2) is 9.61. The molecule has 0 unspecified atom stereocenters. The highest BCUT2D eigenvalue weighted by Gasteiger charge is 2.17. The minimum Gasteiger partial charge on any atom is -0.496 e. The fourth-order valence-corrected chi connectivity index (χ4v) is 3.65. The summed E-state index contributed by atoms with van der Waals surface area (Å²) >= 11 is 7.23. The van der Waals surface area contributed by atoms with Crippen molar-refractivity contribution in [3.05, 3.63) is 59.1 Å². The molecular formula is C20H21ClN4O2S. The van der Waals surface area contributed by atoms with Crippen molar-refractivity contribution in [1.82, 2.24) is 20.1 Å². The number of hydrogen-bond donors (Lipinski definition) is 1. The number of amides is 1. The van der Waals surface area contributed by atoms with Crippen molar-refractivity contribution in [2.75, 3.05) is 12.9 Å². The van der Waals surface area contributed by atoms with Crippen LogP contribution in [-0.2, 0) is 17.9 Å². The average molecular weight is 417 g/mol. The maximum Gasteiger partial charge on any atom is 0.230 e. The highest BCUT2D eigenvalue weighted by molar-refractivity contribution is 7.99. The smallest absolute Gasteiger partial charge is 0.230 e. The standard InChI is InChI=1S/C20H21ClN4O2S/c1-3-25-19(16-6-4-5-7-17(16)27-2)23-24-20(25)28-13-18(26)22-12-14-8-10-15(21)11-9-14/h4-11H,3,12-13H2,1-2H3,(H,22,26). The Morgan fingerprint density at radius 3 is 2.64 bits per heavy atom. The number of aromatic nitrogens is 3. The van der Waals surface area contributed by atoms with Crippen molar-refractivity contribution in [3.8, 4) is 17.1 Å². The van der Waals surface area contributed by atoms with E-state index < -0.39 is 0 Å². The lowest BCUT2D eigenvalue weighted by Gasteiger charge is -2.10. The number of nitrogens with zero attached hydrogens (tertiary/aromatic N) is 3. The van der Waals surface area contributed by atoms with Gasteiger partial charge in [0.2, 0.25) is 5.91 Å². The predicted molar refractivity (Wildman–Crippen MR) is 112 cm³/mol. The van der Waals surface area contributed by atoms with Gasteiger partial charge in [-0.25, -0.2) is 0 Å². The van der Waals surface area contributed by atoms with Crippen LogP contribution in [0.1, 0.15) is 12.5 Å². The first-order valence-electron chi connectivity index (χ1n) is 8.83. The van der Waals surface area contributed by atoms with Crippen molar-refractivity contribution in [2.45, 2.75) is 25.2 Å². The Bertz CT molecular complexity index is 944. The Balaban J connectivity index is 1.64. The van der Waals surface area contributed by atoms with Gasteiger partial charge in [0.1, 0.15) is 5.75 Å². The molecule has 8 heteroatoms. The highest BCUT2D eigenvalue weighted by Crippen LogP contribution is 2.30. The van der Waals surface area contributed by atoms with Gasteiger partial charge in [-0.3, -0.25) is 4.79 Å². The van der Waals surface area contributed by atoms with Crippen LogP contribution in [-0.4, -0.2) is 33.5 Å². The number of nitrogens with one attached hydrogen (secondary N) is 1. The Morgan fingerprint density at radius 2 is 1.93 bits per heavy atom. The SMILES string of the molecule is CCn1c(SCC(=O)NCc2ccc(Cl)cc2)nnc1-c1ccccc1OC. The van der Waals surface area contributed by atoms with E-state index in [-0.39, 0.29) is 11.7 Å². The molecule has 3 aromatic rings. The van der Waals surface area contributed by atoms with Crippen LogP contribution in [0.4, 0.5) is 0 Å². The first-order chi connectivity index (χ1) is 13.6. The number of ether oxygens (including phenoxy) is 1. The fraction of sp³-hybridized carbons (Fsp3) is 0.250. The third kappa shape index (κ3) is 4.85. The minimum atomic E-state index is -0.0653. The van der Waals surface area contributed by atoms with Crippen LogP contribution in [0.15, 0.2) is 53.7 Å². The van der Waals surface area contributed by atoms with E-state index in [4.69, 9.17) is 16.3 Å². The number of halogens is 1. The minimum absolute atomic E-state index is 0.0653. The summed E-state index contributed by atoms with van der Waals surface area (Å²) in [5.41, 5.74) is 1.87. The molecule has 0 radical (unpaired) electrons. The van der Waals surface area contributed by atoms with Gasteiger partial charge in [-0.1, -0.05) is 47.6 Å². The van der Waals surface area contributed by atoms with E-state index in [9.17, 15) is 4.79 Å². The molecule has 3 rings (SSSR count). The van der Waals surface area contributed by atoms with Crippen LogP contribution in [0.5, 0.6) is 5.75 Å². The monoisotopic (exact) mass is 416 g/mol. The van der Waals surface area contributed by atoms with Gasteiger partial charge >= 0.3 is 0 Å². The van der Waals surface area contributed by atoms with Crippen molar-refractivity contribution < 1.29 is 9.53 Å². The van der Waals surface area contributed by atoms with E-state index in [0.29, 0.717) is 23.3 Å². The van der Waals surface area contributed by atoms with Crippen molar-refractivity contribution in [2.24, 2.45) is 0 Å². The van der Waals surface area contributed by atoms with Gasteiger partial charge < -0.3 is 14.6 Å². The van der Waals surface area contributed by atoms with E-state index >= 15 is 0 Å². The van der Waals surface area contributed by atoms with Gasteiger partial charge in [0, 0.05) is 18.1 Å². The third-order valence-corrected chi connectivity index (χ3v) is 5.33. The molecular weight excluding hydrogens is 396 g/mol. The van der Waals surface area contributed by atoms with Crippen molar-refractivity contribution in [1.29, 1.82) is 0 Å². The summed E-state index contributed by atoms with van der Waals surface area (Å²) < 4.78 is 7.41. The van der Waals surface area contributed by atoms with Gasteiger partial charge in [-0.15, -0.1) is 10.2 Å². The van der Waals surface area contributed by atoms with Crippen LogP contribution in [0.2, 0.25) is 5.02 Å². The number of thioether (sulfide) groups is 1. The molecule has 0 aliphatic carbocycles. The van der Waals surface area contributed by atoms with E-state index in [2.05, 4.69) is 15.5 Å². The second-order valence-electron chi connectivity index (χ2n) is 5.94. The Morgan fingerprint density at radius 1 is 1.18 bits per heavy atom. The van der Waals surface area contributed by atoms with Crippen LogP contribution in [0, 0.1) is 0 Å². The topological polar surface area (TPSA) is 69.0 Å². The number of benzene rings is 2. The van der Waals surface area contributed by atoms with E-state index in [1.54, 1.807) is 19.2 Å². The van der Waals surface area contributed by atoms with Gasteiger partial charge in [0.15, 0.2) is 11.0 Å². The summed E-state index contributed by atoms with van der Waals surface area (Å²) in [5.74, 6) is 1.66. The average Bonchev–Trinajstić information content (AvgIpc) is 3.14. The van der Waals surface area contributed by atoms with Gasteiger partial charge in [-0.05, 0) is 36.8 Å². The summed E-state index contributed by atoms with van der Waals surface area (Å²) in [4.78, 5) is 12.2. The van der Waals surface area contributed by atoms with Gasteiger partial charge in [-0.2, -0.15) is 0 Å². The second-order valence-corrected chi connectivity index (χ2v) is 7.32. The number of carbonyl (C=O) groups excluding carboxylic acids is 1. The first kappa shape index (κ1) is 20.2. The highest BCUT2D eigenvalue weighted by atomic mass is 35.5. The zero-order valence-corrected chi connectivity index (χ0v) is 17.3. The van der Waals surface area contributed by atoms with Crippen LogP contribution in [0.3, 0.4) is 0 Å². The Hall–Kier alpha value is -2.51. The van der Waals surface area contributed by atoms with E-state index in [1.165, 1.54) is 11.8 Å². The largest absolute Gasteiger partial charge is 0.496 e. The molecule has 146 valence electrons. The lowest BCUT2D eigenvalue weighted by atomic mass is 10.2. The maximum atomic E-state index is 12.2. The molecule has 1 N–H and O–H groups in total. The molecule has 0 saturated carbocycles. The number of methoxy groups -OCH3 is 1. The quantitative estimate of drug-likeness (QED) is 0.561. The lowest BCUT2D eigenvalue weighted by Crippen LogP contribution is -2.24. The van der Waals surface area contributed by atoms with Gasteiger partial charge in [0.05, 0.1) is 18.4 Å². The summed E-state index contributed by atoms with van der Waals surface area (Å²) in [7, 11) is 1.63. The van der Waals surface area contributed by atoms with Crippen molar-refractivity contribution >= 4 is 29.3 Å². The molecule has 1 heterocycles. The molecule has 2 aromatic carbocycles. The molecule has 0 aliphatic heterocycles.